The highest BCUT2D eigenvalue weighted by molar-refractivity contribution is 6.02. The second kappa shape index (κ2) is 8.07. The van der Waals surface area contributed by atoms with Crippen LogP contribution in [0.3, 0.4) is 0 Å². The van der Waals surface area contributed by atoms with E-state index in [1.165, 1.54) is 4.68 Å². The molecular formula is C23H28F2N4O4. The second-order valence-electron chi connectivity index (χ2n) is 9.76. The van der Waals surface area contributed by atoms with Gasteiger partial charge in [0.25, 0.3) is 5.92 Å². The lowest BCUT2D eigenvalue weighted by Gasteiger charge is -2.39. The zero-order valence-electron chi connectivity index (χ0n) is 19.2. The van der Waals surface area contributed by atoms with Crippen molar-refractivity contribution in [3.05, 3.63) is 29.5 Å². The molecule has 2 atom stereocenters. The van der Waals surface area contributed by atoms with Crippen LogP contribution >= 0.6 is 0 Å². The largest absolute Gasteiger partial charge is 0.444 e. The van der Waals surface area contributed by atoms with E-state index in [9.17, 15) is 14.4 Å². The molecule has 0 saturated carbocycles. The minimum absolute atomic E-state index is 0.0598. The van der Waals surface area contributed by atoms with Gasteiger partial charge >= 0.3 is 6.09 Å². The average Bonchev–Trinajstić information content (AvgIpc) is 3.03. The van der Waals surface area contributed by atoms with Crippen LogP contribution in [0.1, 0.15) is 63.1 Å². The number of halogens is 2. The van der Waals surface area contributed by atoms with Gasteiger partial charge in [0.05, 0.1) is 29.6 Å². The van der Waals surface area contributed by atoms with Crippen LogP contribution < -0.4 is 5.32 Å². The number of alkyl halides is 2. The summed E-state index contributed by atoms with van der Waals surface area (Å²) >= 11 is 0. The molecule has 2 aliphatic heterocycles. The predicted octanol–water partition coefficient (Wildman–Crippen LogP) is 3.45. The average molecular weight is 462 g/mol. The number of carbonyl (C=O) groups is 3. The zero-order chi connectivity index (χ0) is 24.1. The number of aryl methyl sites for hydroxylation is 1. The fourth-order valence-electron chi connectivity index (χ4n) is 4.69. The predicted molar refractivity (Wildman–Crippen MR) is 116 cm³/mol. The molecule has 0 bridgehead atoms. The number of amides is 3. The number of benzene rings is 1. The molecule has 0 radical (unpaired) electrons. The molecule has 2 aliphatic rings. The molecule has 1 aromatic carbocycles. The Morgan fingerprint density at radius 3 is 2.61 bits per heavy atom. The lowest BCUT2D eigenvalue weighted by atomic mass is 9.84. The van der Waals surface area contributed by atoms with Crippen molar-refractivity contribution in [3.8, 4) is 0 Å². The number of carbonyl (C=O) groups excluding carboxylic acids is 3. The summed E-state index contributed by atoms with van der Waals surface area (Å²) < 4.78 is 37.5. The number of fused-ring (bicyclic) bond motifs is 1. The smallest absolute Gasteiger partial charge is 0.410 e. The van der Waals surface area contributed by atoms with Crippen molar-refractivity contribution in [2.75, 3.05) is 13.1 Å². The molecule has 3 amide bonds. The first kappa shape index (κ1) is 23.1. The Hall–Kier alpha value is -3.04. The molecule has 0 spiro atoms. The van der Waals surface area contributed by atoms with Gasteiger partial charge in [-0.2, -0.15) is 5.10 Å². The summed E-state index contributed by atoms with van der Waals surface area (Å²) in [5.41, 5.74) is 0.673. The maximum Gasteiger partial charge on any atom is 0.410 e. The van der Waals surface area contributed by atoms with Crippen LogP contribution in [0.4, 0.5) is 13.6 Å². The number of hydrogen-bond donors (Lipinski definition) is 1. The number of para-hydroxylation sites is 1. The van der Waals surface area contributed by atoms with Gasteiger partial charge in [-0.1, -0.05) is 18.2 Å². The molecular weight excluding hydrogens is 434 g/mol. The standard InChI is InChI=1S/C23H28F2N4O4/c1-22(2,3)33-21(32)29-11-10-16(23(24,25)12-29)13-6-5-7-14-18(27-28(4)19(13)14)15-8-9-17(30)26-20(15)31/h5-7,15-16H,8-12H2,1-4H3,(H,26,30,31)/t15?,16-/m1/s1. The van der Waals surface area contributed by atoms with Crippen molar-refractivity contribution < 1.29 is 27.9 Å². The van der Waals surface area contributed by atoms with Crippen molar-refractivity contribution in [1.82, 2.24) is 20.0 Å². The topological polar surface area (TPSA) is 93.5 Å². The summed E-state index contributed by atoms with van der Waals surface area (Å²) in [4.78, 5) is 37.3. The van der Waals surface area contributed by atoms with Gasteiger partial charge in [-0.05, 0) is 39.2 Å². The molecule has 178 valence electrons. The van der Waals surface area contributed by atoms with Crippen LogP contribution in [0.5, 0.6) is 0 Å². The number of ether oxygens (including phenoxy) is 1. The fourth-order valence-corrected chi connectivity index (χ4v) is 4.69. The van der Waals surface area contributed by atoms with E-state index in [0.29, 0.717) is 28.6 Å². The second-order valence-corrected chi connectivity index (χ2v) is 9.76. The molecule has 1 N–H and O–H groups in total. The molecule has 2 fully saturated rings. The lowest BCUT2D eigenvalue weighted by Crippen LogP contribution is -2.51. The summed E-state index contributed by atoms with van der Waals surface area (Å²) in [5.74, 6) is -5.66. The summed E-state index contributed by atoms with van der Waals surface area (Å²) in [6.45, 7) is 4.49. The van der Waals surface area contributed by atoms with E-state index in [2.05, 4.69) is 10.4 Å². The van der Waals surface area contributed by atoms with Gasteiger partial charge in [-0.25, -0.2) is 13.6 Å². The highest BCUT2D eigenvalue weighted by Crippen LogP contribution is 2.44. The molecule has 2 saturated heterocycles. The van der Waals surface area contributed by atoms with Gasteiger partial charge in [0.1, 0.15) is 5.60 Å². The third kappa shape index (κ3) is 4.43. The van der Waals surface area contributed by atoms with E-state index >= 15 is 8.78 Å². The molecule has 8 nitrogen and oxygen atoms in total. The van der Waals surface area contributed by atoms with E-state index in [0.717, 1.165) is 4.90 Å². The Bertz CT molecular complexity index is 1120. The van der Waals surface area contributed by atoms with Crippen molar-refractivity contribution in [3.63, 3.8) is 0 Å². The zero-order valence-corrected chi connectivity index (χ0v) is 19.2. The third-order valence-corrected chi connectivity index (χ3v) is 6.12. The normalized spacial score (nSPS) is 23.5. The molecule has 0 aliphatic carbocycles. The maximum absolute atomic E-state index is 15.3. The summed E-state index contributed by atoms with van der Waals surface area (Å²) in [6.07, 6.45) is -0.162. The number of likely N-dealkylation sites (tertiary alicyclic amines) is 1. The quantitative estimate of drug-likeness (QED) is 0.690. The van der Waals surface area contributed by atoms with Crippen LogP contribution in [0.2, 0.25) is 0 Å². The van der Waals surface area contributed by atoms with Crippen molar-refractivity contribution in [1.29, 1.82) is 0 Å². The van der Waals surface area contributed by atoms with Gasteiger partial charge in [-0.3, -0.25) is 19.6 Å². The van der Waals surface area contributed by atoms with Crippen LogP contribution in [0.15, 0.2) is 18.2 Å². The van der Waals surface area contributed by atoms with Gasteiger partial charge in [0.15, 0.2) is 0 Å². The van der Waals surface area contributed by atoms with Crippen molar-refractivity contribution in [2.24, 2.45) is 7.05 Å². The number of rotatable bonds is 2. The maximum atomic E-state index is 15.3. The number of nitrogens with zero attached hydrogens (tertiary/aromatic N) is 3. The van der Waals surface area contributed by atoms with Gasteiger partial charge in [0.2, 0.25) is 11.8 Å². The molecule has 1 unspecified atom stereocenters. The molecule has 33 heavy (non-hydrogen) atoms. The lowest BCUT2D eigenvalue weighted by molar-refractivity contribution is -0.134. The van der Waals surface area contributed by atoms with Gasteiger partial charge in [-0.15, -0.1) is 0 Å². The molecule has 4 rings (SSSR count). The summed E-state index contributed by atoms with van der Waals surface area (Å²) in [5, 5.41) is 7.44. The van der Waals surface area contributed by atoms with Gasteiger partial charge in [0, 0.05) is 25.4 Å². The van der Waals surface area contributed by atoms with Gasteiger partial charge < -0.3 is 9.64 Å². The number of hydrogen-bond acceptors (Lipinski definition) is 5. The Morgan fingerprint density at radius 2 is 1.97 bits per heavy atom. The van der Waals surface area contributed by atoms with E-state index in [4.69, 9.17) is 4.74 Å². The Balaban J connectivity index is 1.65. The highest BCUT2D eigenvalue weighted by atomic mass is 19.3. The van der Waals surface area contributed by atoms with Crippen molar-refractivity contribution >= 4 is 28.8 Å². The molecule has 3 heterocycles. The first-order valence-corrected chi connectivity index (χ1v) is 11.0. The number of nitrogens with one attached hydrogen (secondary N) is 1. The van der Waals surface area contributed by atoms with Crippen LogP contribution in [-0.2, 0) is 21.4 Å². The Labute approximate surface area is 190 Å². The van der Waals surface area contributed by atoms with Crippen LogP contribution in [0, 0.1) is 0 Å². The minimum Gasteiger partial charge on any atom is -0.444 e. The van der Waals surface area contributed by atoms with Crippen LogP contribution in [0.25, 0.3) is 10.9 Å². The first-order chi connectivity index (χ1) is 15.4. The minimum atomic E-state index is -3.18. The third-order valence-electron chi connectivity index (χ3n) is 6.12. The molecule has 2 aromatic rings. The number of piperidine rings is 2. The van der Waals surface area contributed by atoms with E-state index < -0.39 is 41.9 Å². The van der Waals surface area contributed by atoms with E-state index in [1.807, 2.05) is 0 Å². The van der Waals surface area contributed by atoms with E-state index in [-0.39, 0.29) is 25.3 Å². The number of imide groups is 1. The highest BCUT2D eigenvalue weighted by Gasteiger charge is 2.48. The molecule has 1 aromatic heterocycles. The Morgan fingerprint density at radius 1 is 1.24 bits per heavy atom. The summed E-state index contributed by atoms with van der Waals surface area (Å²) in [6, 6.07) is 5.10. The van der Waals surface area contributed by atoms with Crippen LogP contribution in [-0.4, -0.2) is 57.2 Å². The monoisotopic (exact) mass is 462 g/mol. The fraction of sp³-hybridized carbons (Fsp3) is 0.565. The SMILES string of the molecule is Cn1nc(C2CCC(=O)NC2=O)c2cccc([C@H]3CCN(C(=O)OC(C)(C)C)CC3(F)F)c21. The first-order valence-electron chi connectivity index (χ1n) is 11.0. The Kier molecular flexibility index (Phi) is 5.66. The number of aromatic nitrogens is 2. The summed E-state index contributed by atoms with van der Waals surface area (Å²) in [7, 11) is 1.66. The molecule has 10 heteroatoms. The van der Waals surface area contributed by atoms with E-state index in [1.54, 1.807) is 46.0 Å². The van der Waals surface area contributed by atoms with Crippen molar-refractivity contribution in [2.45, 2.75) is 63.4 Å².